The number of anilines is 3. The fourth-order valence-corrected chi connectivity index (χ4v) is 3.48. The highest BCUT2D eigenvalue weighted by molar-refractivity contribution is 7.92. The maximum absolute atomic E-state index is 11.8. The number of hydrogen-bond donors (Lipinski definition) is 2. The summed E-state index contributed by atoms with van der Waals surface area (Å²) in [5.74, 6) is 1.90. The van der Waals surface area contributed by atoms with E-state index in [9.17, 15) is 8.42 Å². The zero-order valence-electron chi connectivity index (χ0n) is 14.9. The van der Waals surface area contributed by atoms with E-state index in [0.717, 1.165) is 22.9 Å². The zero-order chi connectivity index (χ0) is 19.1. The van der Waals surface area contributed by atoms with Gasteiger partial charge in [0.1, 0.15) is 17.3 Å². The summed E-state index contributed by atoms with van der Waals surface area (Å²) in [6, 6.07) is 20.5. The normalized spacial score (nSPS) is 11.0. The Balaban J connectivity index is 1.60. The van der Waals surface area contributed by atoms with Crippen LogP contribution in [0.4, 0.5) is 17.2 Å². The lowest BCUT2D eigenvalue weighted by molar-refractivity contribution is 0.483. The predicted molar refractivity (Wildman–Crippen MR) is 108 cm³/mol. The predicted octanol–water partition coefficient (Wildman–Crippen LogP) is 4.77. The van der Waals surface area contributed by atoms with Crippen molar-refractivity contribution >= 4 is 27.2 Å². The third-order valence-corrected chi connectivity index (χ3v) is 5.08. The number of nitrogens with one attached hydrogen (secondary N) is 2. The van der Waals surface area contributed by atoms with Gasteiger partial charge in [-0.05, 0) is 55.0 Å². The van der Waals surface area contributed by atoms with Crippen molar-refractivity contribution in [3.8, 4) is 11.5 Å². The summed E-state index contributed by atoms with van der Waals surface area (Å²) in [5.41, 5.74) is 1.63. The molecule has 7 heteroatoms. The molecule has 27 heavy (non-hydrogen) atoms. The van der Waals surface area contributed by atoms with Gasteiger partial charge in [-0.3, -0.25) is 4.72 Å². The first kappa shape index (κ1) is 18.7. The highest BCUT2D eigenvalue weighted by Crippen LogP contribution is 2.24. The fourth-order valence-electron chi connectivity index (χ4n) is 2.40. The summed E-state index contributed by atoms with van der Waals surface area (Å²) in [4.78, 5) is 4.14. The van der Waals surface area contributed by atoms with Gasteiger partial charge in [0.25, 0.3) is 0 Å². The van der Waals surface area contributed by atoms with Crippen LogP contribution in [0.5, 0.6) is 11.5 Å². The highest BCUT2D eigenvalue weighted by Gasteiger charge is 2.09. The van der Waals surface area contributed by atoms with Crippen molar-refractivity contribution < 1.29 is 13.2 Å². The zero-order valence-corrected chi connectivity index (χ0v) is 15.7. The molecule has 2 N–H and O–H groups in total. The molecular formula is C20H21N3O3S. The number of pyridine rings is 1. The topological polar surface area (TPSA) is 80.3 Å². The molecule has 1 heterocycles. The largest absolute Gasteiger partial charge is 0.457 e. The van der Waals surface area contributed by atoms with Crippen LogP contribution in [-0.2, 0) is 10.0 Å². The molecule has 0 saturated heterocycles. The monoisotopic (exact) mass is 383 g/mol. The van der Waals surface area contributed by atoms with Crippen LogP contribution in [0.25, 0.3) is 0 Å². The summed E-state index contributed by atoms with van der Waals surface area (Å²) in [5, 5.41) is 3.21. The molecule has 0 radical (unpaired) electrons. The molecule has 0 fully saturated rings. The molecule has 2 aromatic carbocycles. The minimum absolute atomic E-state index is 0.0755. The van der Waals surface area contributed by atoms with E-state index in [0.29, 0.717) is 12.2 Å². The molecule has 6 nitrogen and oxygen atoms in total. The second kappa shape index (κ2) is 8.55. The summed E-state index contributed by atoms with van der Waals surface area (Å²) in [6.45, 7) is 1.82. The molecule has 3 rings (SSSR count). The van der Waals surface area contributed by atoms with Crippen LogP contribution in [0, 0.1) is 0 Å². The average molecular weight is 383 g/mol. The van der Waals surface area contributed by atoms with Crippen molar-refractivity contribution in [3.05, 3.63) is 72.9 Å². The smallest absolute Gasteiger partial charge is 0.233 e. The van der Waals surface area contributed by atoms with Crippen LogP contribution in [0.2, 0.25) is 0 Å². The molecule has 1 aromatic heterocycles. The second-order valence-electron chi connectivity index (χ2n) is 5.92. The first-order valence-electron chi connectivity index (χ1n) is 8.60. The number of rotatable bonds is 8. The molecule has 140 valence electrons. The van der Waals surface area contributed by atoms with E-state index in [2.05, 4.69) is 15.0 Å². The van der Waals surface area contributed by atoms with Crippen molar-refractivity contribution in [3.63, 3.8) is 0 Å². The number of ether oxygens (including phenoxy) is 1. The van der Waals surface area contributed by atoms with Gasteiger partial charge in [-0.15, -0.1) is 0 Å². The first-order valence-corrected chi connectivity index (χ1v) is 10.3. The SMILES string of the molecule is CCCS(=O)(=O)Nc1ccc(Nc2ccc(Oc3ccccc3)cc2)cn1. The lowest BCUT2D eigenvalue weighted by Crippen LogP contribution is -2.16. The van der Waals surface area contributed by atoms with Crippen molar-refractivity contribution in [2.75, 3.05) is 15.8 Å². The van der Waals surface area contributed by atoms with Gasteiger partial charge in [-0.25, -0.2) is 13.4 Å². The lowest BCUT2D eigenvalue weighted by atomic mass is 10.3. The summed E-state index contributed by atoms with van der Waals surface area (Å²) < 4.78 is 31.7. The molecule has 3 aromatic rings. The average Bonchev–Trinajstić information content (AvgIpc) is 2.65. The van der Waals surface area contributed by atoms with Crippen molar-refractivity contribution in [2.45, 2.75) is 13.3 Å². The maximum atomic E-state index is 11.8. The minimum atomic E-state index is -3.33. The van der Waals surface area contributed by atoms with Crippen molar-refractivity contribution in [2.24, 2.45) is 0 Å². The van der Waals surface area contributed by atoms with Crippen molar-refractivity contribution in [1.82, 2.24) is 4.98 Å². The number of benzene rings is 2. The molecular weight excluding hydrogens is 362 g/mol. The molecule has 0 unspecified atom stereocenters. The van der Waals surface area contributed by atoms with E-state index in [1.54, 1.807) is 18.3 Å². The Morgan fingerprint density at radius 1 is 0.889 bits per heavy atom. The number of hydrogen-bond acceptors (Lipinski definition) is 5. The van der Waals surface area contributed by atoms with Crippen LogP contribution in [0.15, 0.2) is 72.9 Å². The Bertz CT molecular complexity index is 958. The number of nitrogens with zero attached hydrogens (tertiary/aromatic N) is 1. The Labute approximate surface area is 159 Å². The van der Waals surface area contributed by atoms with Gasteiger partial charge in [0.2, 0.25) is 10.0 Å². The van der Waals surface area contributed by atoms with Gasteiger partial charge in [-0.2, -0.15) is 0 Å². The first-order chi connectivity index (χ1) is 13.0. The molecule has 0 spiro atoms. The Morgan fingerprint density at radius 3 is 2.19 bits per heavy atom. The number of para-hydroxylation sites is 1. The fraction of sp³-hybridized carbons (Fsp3) is 0.150. The molecule has 0 atom stereocenters. The van der Waals surface area contributed by atoms with Crippen LogP contribution in [-0.4, -0.2) is 19.2 Å². The molecule has 0 saturated carbocycles. The molecule has 0 aliphatic heterocycles. The van der Waals surface area contributed by atoms with Crippen LogP contribution in [0.3, 0.4) is 0 Å². The lowest BCUT2D eigenvalue weighted by Gasteiger charge is -2.10. The van der Waals surface area contributed by atoms with Crippen LogP contribution in [0.1, 0.15) is 13.3 Å². The van der Waals surface area contributed by atoms with Gasteiger partial charge < -0.3 is 10.1 Å². The van der Waals surface area contributed by atoms with E-state index < -0.39 is 10.0 Å². The maximum Gasteiger partial charge on any atom is 0.233 e. The molecule has 0 aliphatic carbocycles. The van der Waals surface area contributed by atoms with Gasteiger partial charge in [0, 0.05) is 5.69 Å². The third kappa shape index (κ3) is 5.72. The standard InChI is InChI=1S/C20H21N3O3S/c1-2-14-27(24,25)23-20-13-10-17(15-21-20)22-16-8-11-19(12-9-16)26-18-6-4-3-5-7-18/h3-13,15,22H,2,14H2,1H3,(H,21,23). The number of sulfonamides is 1. The molecule has 0 aliphatic rings. The van der Waals surface area contributed by atoms with Crippen LogP contribution >= 0.6 is 0 Å². The Morgan fingerprint density at radius 2 is 1.56 bits per heavy atom. The summed E-state index contributed by atoms with van der Waals surface area (Å²) >= 11 is 0. The van der Waals surface area contributed by atoms with Crippen LogP contribution < -0.4 is 14.8 Å². The summed E-state index contributed by atoms with van der Waals surface area (Å²) in [7, 11) is -3.33. The van der Waals surface area contributed by atoms with Crippen molar-refractivity contribution in [1.29, 1.82) is 0 Å². The summed E-state index contributed by atoms with van der Waals surface area (Å²) in [6.07, 6.45) is 2.14. The second-order valence-corrected chi connectivity index (χ2v) is 7.76. The number of aromatic nitrogens is 1. The molecule has 0 bridgehead atoms. The minimum Gasteiger partial charge on any atom is -0.457 e. The van der Waals surface area contributed by atoms with Gasteiger partial charge in [0.15, 0.2) is 0 Å². The Hall–Kier alpha value is -3.06. The van der Waals surface area contributed by atoms with E-state index in [4.69, 9.17) is 4.74 Å². The molecule has 0 amide bonds. The van der Waals surface area contributed by atoms with Gasteiger partial charge in [0.05, 0.1) is 17.6 Å². The Kier molecular flexibility index (Phi) is 5.93. The van der Waals surface area contributed by atoms with Gasteiger partial charge in [-0.1, -0.05) is 25.1 Å². The van der Waals surface area contributed by atoms with E-state index in [-0.39, 0.29) is 5.75 Å². The van der Waals surface area contributed by atoms with E-state index in [1.165, 1.54) is 0 Å². The quantitative estimate of drug-likeness (QED) is 0.586. The third-order valence-electron chi connectivity index (χ3n) is 3.62. The van der Waals surface area contributed by atoms with E-state index >= 15 is 0 Å². The highest BCUT2D eigenvalue weighted by atomic mass is 32.2. The van der Waals surface area contributed by atoms with Gasteiger partial charge >= 0.3 is 0 Å². The van der Waals surface area contributed by atoms with E-state index in [1.807, 2.05) is 61.5 Å².